The molecule has 7 nitrogen and oxygen atoms in total. The summed E-state index contributed by atoms with van der Waals surface area (Å²) < 4.78 is 51.1. The number of alkyl halides is 2. The van der Waals surface area contributed by atoms with Gasteiger partial charge in [0.2, 0.25) is 5.69 Å². The molecule has 1 aliphatic heterocycles. The van der Waals surface area contributed by atoms with Crippen LogP contribution in [-0.2, 0) is 10.3 Å². The van der Waals surface area contributed by atoms with E-state index < -0.39 is 40.4 Å². The highest BCUT2D eigenvalue weighted by Crippen LogP contribution is 2.58. The van der Waals surface area contributed by atoms with Gasteiger partial charge in [0.05, 0.1) is 6.57 Å². The number of aliphatic imine (C=N–C) groups is 1. The number of hydrogen-bond donors (Lipinski definition) is 2. The topological polar surface area (TPSA) is 94.0 Å². The number of ether oxygens (including phenoxy) is 1. The van der Waals surface area contributed by atoms with E-state index in [4.69, 9.17) is 17.0 Å². The minimum absolute atomic E-state index is 0.0107. The van der Waals surface area contributed by atoms with Crippen LogP contribution in [0.2, 0.25) is 0 Å². The van der Waals surface area contributed by atoms with Crippen molar-refractivity contribution in [2.75, 3.05) is 5.32 Å². The van der Waals surface area contributed by atoms with E-state index in [1.807, 2.05) is 0 Å². The molecule has 1 atom stereocenters. The molecule has 0 bridgehead atoms. The fourth-order valence-corrected chi connectivity index (χ4v) is 3.92. The van der Waals surface area contributed by atoms with Crippen molar-refractivity contribution < 1.29 is 22.7 Å². The average molecular weight is 429 g/mol. The molecule has 0 unspecified atom stereocenters. The van der Waals surface area contributed by atoms with Crippen molar-refractivity contribution >= 4 is 23.3 Å². The van der Waals surface area contributed by atoms with Gasteiger partial charge >= 0.3 is 5.92 Å². The molecule has 1 amide bonds. The van der Waals surface area contributed by atoms with Gasteiger partial charge in [-0.3, -0.25) is 9.78 Å². The zero-order valence-electron chi connectivity index (χ0n) is 16.5. The second-order valence-corrected chi connectivity index (χ2v) is 7.71. The average Bonchev–Trinajstić information content (AvgIpc) is 2.71. The number of aromatic nitrogens is 1. The Balaban J connectivity index is 1.70. The van der Waals surface area contributed by atoms with Gasteiger partial charge in [0.25, 0.3) is 11.9 Å². The van der Waals surface area contributed by atoms with Gasteiger partial charge in [0.15, 0.2) is 11.1 Å². The molecule has 0 saturated heterocycles. The van der Waals surface area contributed by atoms with E-state index in [2.05, 4.69) is 20.1 Å². The molecule has 3 N–H and O–H groups in total. The van der Waals surface area contributed by atoms with Crippen molar-refractivity contribution in [3.05, 3.63) is 65.0 Å². The maximum atomic E-state index is 15.5. The lowest BCUT2D eigenvalue weighted by atomic mass is 9.66. The number of carbonyl (C=O) groups is 1. The first kappa shape index (κ1) is 20.7. The number of nitrogens with two attached hydrogens (primary N) is 1. The van der Waals surface area contributed by atoms with Gasteiger partial charge in [-0.25, -0.2) is 14.2 Å². The van der Waals surface area contributed by atoms with E-state index in [1.54, 1.807) is 0 Å². The number of benzene rings is 1. The van der Waals surface area contributed by atoms with E-state index in [0.29, 0.717) is 6.42 Å². The molecular weight excluding hydrogens is 411 g/mol. The van der Waals surface area contributed by atoms with Crippen molar-refractivity contribution in [1.82, 2.24) is 4.98 Å². The Morgan fingerprint density at radius 1 is 1.29 bits per heavy atom. The molecule has 31 heavy (non-hydrogen) atoms. The van der Waals surface area contributed by atoms with Crippen LogP contribution in [0.3, 0.4) is 0 Å². The van der Waals surface area contributed by atoms with Crippen LogP contribution in [0.1, 0.15) is 42.2 Å². The smallest absolute Gasteiger partial charge is 0.315 e. The number of rotatable bonds is 3. The van der Waals surface area contributed by atoms with Gasteiger partial charge in [-0.15, -0.1) is 0 Å². The van der Waals surface area contributed by atoms with Crippen LogP contribution in [0.25, 0.3) is 4.85 Å². The summed E-state index contributed by atoms with van der Waals surface area (Å²) in [5.41, 5.74) is 1.49. The maximum Gasteiger partial charge on any atom is 0.315 e. The first-order valence-corrected chi connectivity index (χ1v) is 9.49. The molecule has 2 aromatic rings. The first-order valence-electron chi connectivity index (χ1n) is 9.49. The van der Waals surface area contributed by atoms with Crippen molar-refractivity contribution in [3.63, 3.8) is 0 Å². The van der Waals surface area contributed by atoms with E-state index in [9.17, 15) is 9.18 Å². The van der Waals surface area contributed by atoms with Crippen molar-refractivity contribution in [2.24, 2.45) is 10.7 Å². The normalized spacial score (nSPS) is 23.1. The Kier molecular flexibility index (Phi) is 4.65. The van der Waals surface area contributed by atoms with E-state index in [0.717, 1.165) is 19.1 Å². The lowest BCUT2D eigenvalue weighted by Crippen LogP contribution is -2.67. The SMILES string of the molecule is [C-]#[N+]c1ccc(C(=O)Nc2ccc(F)c([C@@]3(C)N=C(N)OC4(CCC4)C3(F)F)c2)nc1. The number of amides is 1. The molecule has 1 fully saturated rings. The quantitative estimate of drug-likeness (QED) is 0.717. The molecular formula is C21H18F3N5O2. The summed E-state index contributed by atoms with van der Waals surface area (Å²) >= 11 is 0. The molecule has 1 saturated carbocycles. The summed E-state index contributed by atoms with van der Waals surface area (Å²) in [4.78, 5) is 23.3. The third-order valence-corrected chi connectivity index (χ3v) is 5.84. The van der Waals surface area contributed by atoms with Crippen LogP contribution in [0.5, 0.6) is 0 Å². The van der Waals surface area contributed by atoms with Gasteiger partial charge < -0.3 is 15.8 Å². The molecule has 10 heteroatoms. The van der Waals surface area contributed by atoms with Crippen LogP contribution in [-0.4, -0.2) is 28.4 Å². The first-order chi connectivity index (χ1) is 14.6. The van der Waals surface area contributed by atoms with E-state index >= 15 is 8.78 Å². The summed E-state index contributed by atoms with van der Waals surface area (Å²) in [5.74, 6) is -5.09. The second-order valence-electron chi connectivity index (χ2n) is 7.71. The molecule has 4 rings (SSSR count). The number of nitrogens with one attached hydrogen (secondary N) is 1. The predicted molar refractivity (Wildman–Crippen MR) is 106 cm³/mol. The third-order valence-electron chi connectivity index (χ3n) is 5.84. The monoisotopic (exact) mass is 429 g/mol. The standard InChI is InChI=1S/C21H18F3N5O2/c1-19(21(23,24)20(8-3-9-20)31-18(25)29-19)14-10-12(4-6-15(14)22)28-17(30)16-7-5-13(26-2)11-27-16/h4-7,10-11H,3,8-9H2,1H3,(H2,25,29)(H,28,30)/t19-/m1/s1. The molecule has 1 aromatic carbocycles. The number of carbonyl (C=O) groups excluding carboxylic acids is 1. The lowest BCUT2D eigenvalue weighted by molar-refractivity contribution is -0.252. The Morgan fingerprint density at radius 2 is 2.03 bits per heavy atom. The van der Waals surface area contributed by atoms with Gasteiger partial charge in [-0.1, -0.05) is 6.07 Å². The molecule has 0 radical (unpaired) electrons. The van der Waals surface area contributed by atoms with E-state index in [-0.39, 0.29) is 29.9 Å². The van der Waals surface area contributed by atoms with Crippen LogP contribution >= 0.6 is 0 Å². The summed E-state index contributed by atoms with van der Waals surface area (Å²) in [6.07, 6.45) is 1.93. The fourth-order valence-electron chi connectivity index (χ4n) is 3.92. The molecule has 2 heterocycles. The van der Waals surface area contributed by atoms with Crippen LogP contribution in [0, 0.1) is 12.4 Å². The second kappa shape index (κ2) is 6.97. The molecule has 160 valence electrons. The third kappa shape index (κ3) is 3.08. The Labute approximate surface area is 176 Å². The minimum atomic E-state index is -3.54. The lowest BCUT2D eigenvalue weighted by Gasteiger charge is -2.54. The van der Waals surface area contributed by atoms with Gasteiger partial charge in [-0.05, 0) is 50.5 Å². The molecule has 1 aliphatic carbocycles. The van der Waals surface area contributed by atoms with E-state index in [1.165, 1.54) is 24.4 Å². The number of halogens is 3. The number of anilines is 1. The summed E-state index contributed by atoms with van der Waals surface area (Å²) in [6.45, 7) is 8.02. The zero-order chi connectivity index (χ0) is 22.4. The predicted octanol–water partition coefficient (Wildman–Crippen LogP) is 4.14. The molecule has 2 aliphatic rings. The van der Waals surface area contributed by atoms with Crippen molar-refractivity contribution in [2.45, 2.75) is 43.2 Å². The number of hydrogen-bond acceptors (Lipinski definition) is 5. The number of nitrogens with zero attached hydrogens (tertiary/aromatic N) is 3. The number of amidine groups is 1. The highest BCUT2D eigenvalue weighted by Gasteiger charge is 2.71. The largest absolute Gasteiger partial charge is 0.452 e. The maximum absolute atomic E-state index is 15.5. The van der Waals surface area contributed by atoms with Gasteiger partial charge in [0.1, 0.15) is 11.5 Å². The summed E-state index contributed by atoms with van der Waals surface area (Å²) in [5, 5.41) is 2.51. The van der Waals surface area contributed by atoms with Crippen LogP contribution in [0.4, 0.5) is 24.5 Å². The summed E-state index contributed by atoms with van der Waals surface area (Å²) in [7, 11) is 0. The summed E-state index contributed by atoms with van der Waals surface area (Å²) in [6, 6.07) is 5.69. The highest BCUT2D eigenvalue weighted by atomic mass is 19.3. The van der Waals surface area contributed by atoms with Gasteiger partial charge in [0, 0.05) is 17.4 Å². The van der Waals surface area contributed by atoms with Crippen molar-refractivity contribution in [1.29, 1.82) is 0 Å². The molecule has 1 aromatic heterocycles. The minimum Gasteiger partial charge on any atom is -0.452 e. The van der Waals surface area contributed by atoms with Crippen LogP contribution < -0.4 is 11.1 Å². The Morgan fingerprint density at radius 3 is 2.61 bits per heavy atom. The fraction of sp³-hybridized carbons (Fsp3) is 0.333. The number of pyridine rings is 1. The zero-order valence-corrected chi connectivity index (χ0v) is 16.5. The van der Waals surface area contributed by atoms with Gasteiger partial charge in [-0.2, -0.15) is 8.78 Å². The Hall–Kier alpha value is -3.61. The highest BCUT2D eigenvalue weighted by molar-refractivity contribution is 6.03. The molecule has 1 spiro atoms. The Bertz CT molecular complexity index is 1120. The van der Waals surface area contributed by atoms with Crippen molar-refractivity contribution in [3.8, 4) is 0 Å². The van der Waals surface area contributed by atoms with Crippen LogP contribution in [0.15, 0.2) is 41.5 Å².